The molecule has 0 atom stereocenters. The number of ether oxygens (including phenoxy) is 2. The van der Waals surface area contributed by atoms with Crippen LogP contribution in [0.5, 0.6) is 0 Å². The van der Waals surface area contributed by atoms with Crippen molar-refractivity contribution >= 4 is 40.3 Å². The summed E-state index contributed by atoms with van der Waals surface area (Å²) in [5.74, 6) is -2.60. The van der Waals surface area contributed by atoms with Crippen molar-refractivity contribution in [3.05, 3.63) is 56.7 Å². The van der Waals surface area contributed by atoms with Gasteiger partial charge in [-0.2, -0.15) is 0 Å². The maximum absolute atomic E-state index is 12.6. The van der Waals surface area contributed by atoms with Crippen molar-refractivity contribution in [3.63, 3.8) is 0 Å². The largest absolute Gasteiger partial charge is 0.464 e. The van der Waals surface area contributed by atoms with E-state index in [1.54, 1.807) is 6.07 Å². The number of rotatable bonds is 5. The average Bonchev–Trinajstić information content (AvgIpc) is 3.09. The van der Waals surface area contributed by atoms with Gasteiger partial charge in [-0.3, -0.25) is 4.79 Å². The highest BCUT2D eigenvalue weighted by atomic mass is 35.5. The number of hydrogen-bond acceptors (Lipinski definition) is 9. The van der Waals surface area contributed by atoms with Gasteiger partial charge >= 0.3 is 17.6 Å². The van der Waals surface area contributed by atoms with Crippen LogP contribution in [0.15, 0.2) is 33.5 Å². The van der Waals surface area contributed by atoms with Gasteiger partial charge in [0.15, 0.2) is 11.5 Å². The molecule has 0 aliphatic heterocycles. The van der Waals surface area contributed by atoms with E-state index in [2.05, 4.69) is 19.8 Å². The maximum atomic E-state index is 12.6. The van der Waals surface area contributed by atoms with Gasteiger partial charge in [0.1, 0.15) is 17.7 Å². The summed E-state index contributed by atoms with van der Waals surface area (Å²) in [6.07, 6.45) is 0. The molecule has 0 radical (unpaired) electrons. The molecule has 0 amide bonds. The van der Waals surface area contributed by atoms with Crippen LogP contribution in [0.4, 0.5) is 0 Å². The third-order valence-electron chi connectivity index (χ3n) is 3.78. The highest BCUT2D eigenvalue weighted by Crippen LogP contribution is 2.19. The van der Waals surface area contributed by atoms with E-state index in [-0.39, 0.29) is 16.8 Å². The Balaban J connectivity index is 2.02. The van der Waals surface area contributed by atoms with Crippen molar-refractivity contribution in [2.45, 2.75) is 6.54 Å². The van der Waals surface area contributed by atoms with Crippen molar-refractivity contribution in [2.24, 2.45) is 0 Å². The lowest BCUT2D eigenvalue weighted by Gasteiger charge is -2.06. The van der Waals surface area contributed by atoms with E-state index in [9.17, 15) is 19.2 Å². The van der Waals surface area contributed by atoms with E-state index in [4.69, 9.17) is 16.0 Å². The number of halogens is 1. The van der Waals surface area contributed by atoms with E-state index in [1.165, 1.54) is 18.2 Å². The molecule has 0 fully saturated rings. The standard InChI is InChI=1S/C17H12ClN3O7/c1-26-16(24)13-14(17(25)27-2)21(20-19-13)7-11(22)10-6-8-5-9(18)3-4-12(8)28-15(10)23/h3-6H,7H2,1-2H3. The second-order valence-corrected chi connectivity index (χ2v) is 5.92. The fraction of sp³-hybridized carbons (Fsp3) is 0.176. The van der Waals surface area contributed by atoms with Gasteiger partial charge in [0, 0.05) is 10.4 Å². The molecule has 3 aromatic rings. The van der Waals surface area contributed by atoms with Crippen LogP contribution in [0.1, 0.15) is 31.3 Å². The molecule has 2 heterocycles. The van der Waals surface area contributed by atoms with E-state index >= 15 is 0 Å². The minimum Gasteiger partial charge on any atom is -0.464 e. The SMILES string of the molecule is COC(=O)c1nnn(CC(=O)c2cc3cc(Cl)ccc3oc2=O)c1C(=O)OC. The van der Waals surface area contributed by atoms with E-state index in [1.807, 2.05) is 0 Å². The van der Waals surface area contributed by atoms with E-state index in [0.29, 0.717) is 10.4 Å². The van der Waals surface area contributed by atoms with Crippen LogP contribution < -0.4 is 5.63 Å². The predicted octanol–water partition coefficient (Wildman–Crippen LogP) is 1.49. The third-order valence-corrected chi connectivity index (χ3v) is 4.02. The smallest absolute Gasteiger partial charge is 0.361 e. The molecule has 0 N–H and O–H groups in total. The molecule has 0 aliphatic carbocycles. The van der Waals surface area contributed by atoms with Crippen molar-refractivity contribution in [2.75, 3.05) is 14.2 Å². The van der Waals surface area contributed by atoms with Gasteiger partial charge in [0.25, 0.3) is 0 Å². The monoisotopic (exact) mass is 405 g/mol. The first kappa shape index (κ1) is 19.2. The number of Topliss-reactive ketones (excluding diaryl/α,β-unsaturated/α-hetero) is 1. The van der Waals surface area contributed by atoms with Gasteiger partial charge in [0.05, 0.1) is 14.2 Å². The topological polar surface area (TPSA) is 131 Å². The first-order valence-corrected chi connectivity index (χ1v) is 8.10. The summed E-state index contributed by atoms with van der Waals surface area (Å²) in [5, 5.41) is 8.01. The molecule has 28 heavy (non-hydrogen) atoms. The third kappa shape index (κ3) is 3.49. The first-order valence-electron chi connectivity index (χ1n) is 7.72. The zero-order valence-corrected chi connectivity index (χ0v) is 15.3. The van der Waals surface area contributed by atoms with Crippen molar-refractivity contribution in [1.82, 2.24) is 15.0 Å². The van der Waals surface area contributed by atoms with E-state index < -0.39 is 35.6 Å². The Kier molecular flexibility index (Phi) is 5.23. The molecule has 11 heteroatoms. The molecular weight excluding hydrogens is 394 g/mol. The number of carbonyl (C=O) groups excluding carboxylic acids is 3. The molecule has 2 aromatic heterocycles. The van der Waals surface area contributed by atoms with Crippen molar-refractivity contribution in [3.8, 4) is 0 Å². The van der Waals surface area contributed by atoms with Crippen LogP contribution in [0.3, 0.4) is 0 Å². The summed E-state index contributed by atoms with van der Waals surface area (Å²) < 4.78 is 15.1. The number of benzene rings is 1. The Morgan fingerprint density at radius 1 is 1.14 bits per heavy atom. The Bertz CT molecular complexity index is 1170. The summed E-state index contributed by atoms with van der Waals surface area (Å²) in [6, 6.07) is 5.90. The average molecular weight is 406 g/mol. The summed E-state index contributed by atoms with van der Waals surface area (Å²) in [5.41, 5.74) is -1.68. The lowest BCUT2D eigenvalue weighted by atomic mass is 10.1. The Hall–Kier alpha value is -3.53. The molecule has 3 rings (SSSR count). The molecule has 0 aliphatic rings. The highest BCUT2D eigenvalue weighted by Gasteiger charge is 2.28. The van der Waals surface area contributed by atoms with Gasteiger partial charge in [-0.1, -0.05) is 16.8 Å². The summed E-state index contributed by atoms with van der Waals surface area (Å²) >= 11 is 5.92. The van der Waals surface area contributed by atoms with Crippen LogP contribution in [0.25, 0.3) is 11.0 Å². The van der Waals surface area contributed by atoms with Crippen LogP contribution in [-0.2, 0) is 16.0 Å². The number of methoxy groups -OCH3 is 2. The number of esters is 2. The fourth-order valence-corrected chi connectivity index (χ4v) is 2.65. The Labute approximate surface area is 161 Å². The molecule has 0 unspecified atom stereocenters. The zero-order chi connectivity index (χ0) is 20.4. The number of carbonyl (C=O) groups is 3. The highest BCUT2D eigenvalue weighted by molar-refractivity contribution is 6.31. The molecule has 10 nitrogen and oxygen atoms in total. The predicted molar refractivity (Wildman–Crippen MR) is 94.5 cm³/mol. The molecule has 0 bridgehead atoms. The van der Waals surface area contributed by atoms with Gasteiger partial charge < -0.3 is 13.9 Å². The fourth-order valence-electron chi connectivity index (χ4n) is 2.47. The lowest BCUT2D eigenvalue weighted by molar-refractivity contribution is 0.0543. The second-order valence-electron chi connectivity index (χ2n) is 5.48. The number of hydrogen-bond donors (Lipinski definition) is 0. The van der Waals surface area contributed by atoms with Crippen molar-refractivity contribution in [1.29, 1.82) is 0 Å². The van der Waals surface area contributed by atoms with Crippen LogP contribution in [-0.4, -0.2) is 46.9 Å². The Morgan fingerprint density at radius 2 is 1.86 bits per heavy atom. The minimum atomic E-state index is -0.949. The second kappa shape index (κ2) is 7.61. The Morgan fingerprint density at radius 3 is 2.54 bits per heavy atom. The molecule has 0 saturated heterocycles. The van der Waals surface area contributed by atoms with Gasteiger partial charge in [-0.25, -0.2) is 19.1 Å². The normalized spacial score (nSPS) is 10.7. The minimum absolute atomic E-state index is 0.259. The summed E-state index contributed by atoms with van der Waals surface area (Å²) in [6.45, 7) is -0.564. The quantitative estimate of drug-likeness (QED) is 0.352. The summed E-state index contributed by atoms with van der Waals surface area (Å²) in [7, 11) is 2.18. The molecule has 144 valence electrons. The number of ketones is 1. The zero-order valence-electron chi connectivity index (χ0n) is 14.6. The van der Waals surface area contributed by atoms with Crippen molar-refractivity contribution < 1.29 is 28.3 Å². The van der Waals surface area contributed by atoms with E-state index in [0.717, 1.165) is 18.9 Å². The maximum Gasteiger partial charge on any atom is 0.361 e. The summed E-state index contributed by atoms with van der Waals surface area (Å²) in [4.78, 5) is 48.5. The van der Waals surface area contributed by atoms with Crippen LogP contribution in [0.2, 0.25) is 5.02 Å². The lowest BCUT2D eigenvalue weighted by Crippen LogP contribution is -2.23. The number of aromatic nitrogens is 3. The first-order chi connectivity index (χ1) is 13.3. The number of nitrogens with zero attached hydrogens (tertiary/aromatic N) is 3. The van der Waals surface area contributed by atoms with Crippen LogP contribution in [0, 0.1) is 0 Å². The molecule has 1 aromatic carbocycles. The molecule has 0 saturated carbocycles. The van der Waals surface area contributed by atoms with Gasteiger partial charge in [-0.15, -0.1) is 5.10 Å². The van der Waals surface area contributed by atoms with Gasteiger partial charge in [-0.05, 0) is 24.3 Å². The number of fused-ring (bicyclic) bond motifs is 1. The molecular formula is C17H12ClN3O7. The van der Waals surface area contributed by atoms with Gasteiger partial charge in [0.2, 0.25) is 5.69 Å². The molecule has 0 spiro atoms. The van der Waals surface area contributed by atoms with Crippen LogP contribution >= 0.6 is 11.6 Å².